The molecule has 0 saturated heterocycles. The number of carbonyl (C=O) groups is 1. The number of carbonyl (C=O) groups excluding carboxylic acids is 1. The summed E-state index contributed by atoms with van der Waals surface area (Å²) in [6.07, 6.45) is 3.39. The second-order valence-electron chi connectivity index (χ2n) is 9.79. The first kappa shape index (κ1) is 28.2. The monoisotopic (exact) mass is 552 g/mol. The minimum Gasteiger partial charge on any atom is -0.490 e. The van der Waals surface area contributed by atoms with Crippen LogP contribution in [0.15, 0.2) is 140 Å². The van der Waals surface area contributed by atoms with Crippen LogP contribution in [0.4, 0.5) is 0 Å². The van der Waals surface area contributed by atoms with E-state index >= 15 is 0 Å². The van der Waals surface area contributed by atoms with Gasteiger partial charge in [0.15, 0.2) is 5.78 Å². The van der Waals surface area contributed by atoms with Crippen molar-refractivity contribution in [3.05, 3.63) is 157 Å². The third-order valence-electron chi connectivity index (χ3n) is 6.61. The van der Waals surface area contributed by atoms with Crippen LogP contribution in [-0.2, 0) is 0 Å². The molecule has 0 bridgehead atoms. The molecular formula is C38H32O4. The van der Waals surface area contributed by atoms with E-state index in [-0.39, 0.29) is 5.78 Å². The minimum absolute atomic E-state index is 0.0228. The van der Waals surface area contributed by atoms with Gasteiger partial charge in [-0.05, 0) is 83.8 Å². The number of ether oxygens (including phenoxy) is 3. The summed E-state index contributed by atoms with van der Waals surface area (Å²) in [5.41, 5.74) is 5.92. The van der Waals surface area contributed by atoms with Crippen LogP contribution in [0.25, 0.3) is 22.8 Å². The fraction of sp³-hybridized carbons (Fsp3) is 0.0789. The van der Waals surface area contributed by atoms with Crippen molar-refractivity contribution in [3.8, 4) is 34.1 Å². The number of allylic oxidation sites excluding steroid dienone is 2. The topological polar surface area (TPSA) is 44.8 Å². The Hall–Kier alpha value is -5.35. The van der Waals surface area contributed by atoms with Gasteiger partial charge in [-0.15, -0.1) is 0 Å². The highest BCUT2D eigenvalue weighted by Crippen LogP contribution is 2.28. The normalized spacial score (nSPS) is 10.8. The third kappa shape index (κ3) is 7.86. The van der Waals surface area contributed by atoms with Crippen molar-refractivity contribution in [1.82, 2.24) is 0 Å². The second-order valence-corrected chi connectivity index (χ2v) is 9.79. The molecule has 5 rings (SSSR count). The molecule has 0 aromatic heterocycles. The molecule has 0 spiro atoms. The molecule has 0 fully saturated rings. The summed E-state index contributed by atoms with van der Waals surface area (Å²) in [4.78, 5) is 12.2. The number of hydrogen-bond acceptors (Lipinski definition) is 4. The van der Waals surface area contributed by atoms with Crippen molar-refractivity contribution in [2.75, 3.05) is 13.2 Å². The largest absolute Gasteiger partial charge is 0.490 e. The van der Waals surface area contributed by atoms with Gasteiger partial charge in [0.25, 0.3) is 0 Å². The number of benzene rings is 5. The maximum Gasteiger partial charge on any atom is 0.185 e. The zero-order chi connectivity index (χ0) is 29.1. The summed E-state index contributed by atoms with van der Waals surface area (Å²) in [7, 11) is 0. The highest BCUT2D eigenvalue weighted by Gasteiger charge is 2.04. The molecule has 5 aromatic rings. The van der Waals surface area contributed by atoms with Gasteiger partial charge in [-0.2, -0.15) is 0 Å². The van der Waals surface area contributed by atoms with E-state index in [1.165, 1.54) is 0 Å². The molecule has 4 nitrogen and oxygen atoms in total. The lowest BCUT2D eigenvalue weighted by Crippen LogP contribution is -2.08. The number of rotatable bonds is 12. The summed E-state index contributed by atoms with van der Waals surface area (Å²) in [6.45, 7) is 6.80. The Morgan fingerprint density at radius 3 is 1.60 bits per heavy atom. The van der Waals surface area contributed by atoms with Crippen molar-refractivity contribution in [2.45, 2.75) is 6.92 Å². The summed E-state index contributed by atoms with van der Waals surface area (Å²) in [6, 6.07) is 40.8. The first-order valence-corrected chi connectivity index (χ1v) is 13.8. The summed E-state index contributed by atoms with van der Waals surface area (Å²) >= 11 is 0. The summed E-state index contributed by atoms with van der Waals surface area (Å²) in [5.74, 6) is 3.08. The van der Waals surface area contributed by atoms with Crippen LogP contribution in [0.3, 0.4) is 0 Å². The van der Waals surface area contributed by atoms with Crippen molar-refractivity contribution in [3.63, 3.8) is 0 Å². The standard InChI is InChI=1S/C38H32O4/c1-28(2)30-11-21-36(22-12-30)42-37-23-15-32(16-24-37)31-13-19-35(20-14-31)41-27-26-40-34-17-8-29(9-18-34)10-25-38(39)33-6-4-3-5-7-33/h3-25H,1,26-27H2,2H3/b25-10+. The molecule has 0 unspecified atom stereocenters. The van der Waals surface area contributed by atoms with E-state index in [2.05, 4.69) is 6.58 Å². The molecule has 42 heavy (non-hydrogen) atoms. The van der Waals surface area contributed by atoms with Gasteiger partial charge in [0, 0.05) is 5.56 Å². The van der Waals surface area contributed by atoms with Gasteiger partial charge in [0.1, 0.15) is 36.2 Å². The lowest BCUT2D eigenvalue weighted by molar-refractivity contribution is 0.104. The SMILES string of the molecule is C=C(C)c1ccc(Oc2ccc(-c3ccc(OCCOc4ccc(/C=C/C(=O)c5ccccc5)cc4)cc3)cc2)cc1. The Morgan fingerprint density at radius 1 is 0.595 bits per heavy atom. The molecule has 0 aliphatic rings. The Bertz CT molecular complexity index is 1630. The minimum atomic E-state index is -0.0228. The lowest BCUT2D eigenvalue weighted by Gasteiger charge is -2.10. The van der Waals surface area contributed by atoms with E-state index in [0.29, 0.717) is 18.8 Å². The van der Waals surface area contributed by atoms with Crippen molar-refractivity contribution in [2.24, 2.45) is 0 Å². The highest BCUT2D eigenvalue weighted by molar-refractivity contribution is 6.06. The maximum atomic E-state index is 12.2. The van der Waals surface area contributed by atoms with Crippen LogP contribution < -0.4 is 14.2 Å². The van der Waals surface area contributed by atoms with Crippen molar-refractivity contribution < 1.29 is 19.0 Å². The predicted octanol–water partition coefficient (Wildman–Crippen LogP) is 9.53. The van der Waals surface area contributed by atoms with Crippen LogP contribution in [0.1, 0.15) is 28.4 Å². The number of ketones is 1. The van der Waals surface area contributed by atoms with E-state index in [1.807, 2.05) is 122 Å². The first-order chi connectivity index (χ1) is 20.5. The quantitative estimate of drug-likeness (QED) is 0.0878. The highest BCUT2D eigenvalue weighted by atomic mass is 16.5. The fourth-order valence-corrected chi connectivity index (χ4v) is 4.27. The number of hydrogen-bond donors (Lipinski definition) is 0. The van der Waals surface area contributed by atoms with Gasteiger partial charge in [0.2, 0.25) is 0 Å². The molecule has 0 aliphatic heterocycles. The molecular weight excluding hydrogens is 520 g/mol. The molecule has 208 valence electrons. The van der Waals surface area contributed by atoms with E-state index in [1.54, 1.807) is 24.3 Å². The zero-order valence-corrected chi connectivity index (χ0v) is 23.5. The maximum absolute atomic E-state index is 12.2. The van der Waals surface area contributed by atoms with Gasteiger partial charge in [-0.3, -0.25) is 4.79 Å². The van der Waals surface area contributed by atoms with E-state index in [0.717, 1.165) is 50.8 Å². The summed E-state index contributed by atoms with van der Waals surface area (Å²) < 4.78 is 17.6. The Balaban J connectivity index is 1.05. The molecule has 0 saturated carbocycles. The van der Waals surface area contributed by atoms with E-state index < -0.39 is 0 Å². The van der Waals surface area contributed by atoms with Crippen molar-refractivity contribution in [1.29, 1.82) is 0 Å². The first-order valence-electron chi connectivity index (χ1n) is 13.8. The Labute approximate surface area is 247 Å². The molecule has 5 aromatic carbocycles. The molecule has 0 heterocycles. The average molecular weight is 553 g/mol. The third-order valence-corrected chi connectivity index (χ3v) is 6.61. The van der Waals surface area contributed by atoms with Gasteiger partial charge in [-0.1, -0.05) is 97.1 Å². The van der Waals surface area contributed by atoms with Gasteiger partial charge in [0.05, 0.1) is 0 Å². The Morgan fingerprint density at radius 2 is 1.07 bits per heavy atom. The predicted molar refractivity (Wildman–Crippen MR) is 170 cm³/mol. The smallest absolute Gasteiger partial charge is 0.185 e. The molecule has 4 heteroatoms. The van der Waals surface area contributed by atoms with Crippen LogP contribution >= 0.6 is 0 Å². The second kappa shape index (κ2) is 13.8. The van der Waals surface area contributed by atoms with Gasteiger partial charge in [-0.25, -0.2) is 0 Å². The molecule has 0 radical (unpaired) electrons. The zero-order valence-electron chi connectivity index (χ0n) is 23.5. The van der Waals surface area contributed by atoms with E-state index in [4.69, 9.17) is 14.2 Å². The molecule has 0 atom stereocenters. The van der Waals surface area contributed by atoms with Crippen LogP contribution in [0, 0.1) is 0 Å². The van der Waals surface area contributed by atoms with Gasteiger partial charge >= 0.3 is 0 Å². The Kier molecular flexibility index (Phi) is 9.28. The lowest BCUT2D eigenvalue weighted by atomic mass is 10.1. The van der Waals surface area contributed by atoms with Crippen LogP contribution in [0.5, 0.6) is 23.0 Å². The van der Waals surface area contributed by atoms with E-state index in [9.17, 15) is 4.79 Å². The van der Waals surface area contributed by atoms with Crippen LogP contribution in [-0.4, -0.2) is 19.0 Å². The molecule has 0 aliphatic carbocycles. The van der Waals surface area contributed by atoms with Crippen LogP contribution in [0.2, 0.25) is 0 Å². The summed E-state index contributed by atoms with van der Waals surface area (Å²) in [5, 5.41) is 0. The van der Waals surface area contributed by atoms with Gasteiger partial charge < -0.3 is 14.2 Å². The fourth-order valence-electron chi connectivity index (χ4n) is 4.27. The average Bonchev–Trinajstić information content (AvgIpc) is 3.04. The molecule has 0 N–H and O–H groups in total. The molecule has 0 amide bonds. The van der Waals surface area contributed by atoms with Crippen molar-refractivity contribution >= 4 is 17.4 Å².